The molecular weight excluding hydrogens is 280 g/mol. The summed E-state index contributed by atoms with van der Waals surface area (Å²) in [5.74, 6) is 0.850. The van der Waals surface area contributed by atoms with E-state index in [9.17, 15) is 0 Å². The maximum absolute atomic E-state index is 8.46. The van der Waals surface area contributed by atoms with Gasteiger partial charge < -0.3 is 10.5 Å². The van der Waals surface area contributed by atoms with Gasteiger partial charge in [-0.25, -0.2) is 0 Å². The van der Waals surface area contributed by atoms with Crippen molar-refractivity contribution in [3.63, 3.8) is 0 Å². The third kappa shape index (κ3) is 4.76. The van der Waals surface area contributed by atoms with Gasteiger partial charge >= 0.3 is 0 Å². The third-order valence-corrected chi connectivity index (χ3v) is 2.89. The summed E-state index contributed by atoms with van der Waals surface area (Å²) in [5, 5.41) is 8.46. The Morgan fingerprint density at radius 3 is 2.94 bits per heavy atom. The molecule has 92 valence electrons. The Morgan fingerprint density at radius 2 is 2.29 bits per heavy atom. The number of unbranched alkanes of at least 4 members (excludes halogenated alkanes) is 1. The number of para-hydroxylation sites is 1. The van der Waals surface area contributed by atoms with Crippen molar-refractivity contribution >= 4 is 15.9 Å². The molecule has 0 saturated heterocycles. The minimum atomic E-state index is 0.103. The van der Waals surface area contributed by atoms with Crippen LogP contribution in [0.2, 0.25) is 0 Å². The average molecular weight is 297 g/mol. The van der Waals surface area contributed by atoms with Gasteiger partial charge in [-0.15, -0.1) is 0 Å². The summed E-state index contributed by atoms with van der Waals surface area (Å²) >= 11 is 3.48. The fourth-order valence-corrected chi connectivity index (χ4v) is 2.07. The van der Waals surface area contributed by atoms with E-state index in [0.29, 0.717) is 13.0 Å². The normalized spacial score (nSPS) is 11.9. The number of nitriles is 1. The molecular formula is C13H17BrN2O. The molecule has 1 unspecified atom stereocenters. The van der Waals surface area contributed by atoms with Gasteiger partial charge in [0, 0.05) is 12.5 Å². The van der Waals surface area contributed by atoms with Gasteiger partial charge in [0.15, 0.2) is 0 Å². The molecule has 0 spiro atoms. The lowest BCUT2D eigenvalue weighted by molar-refractivity contribution is 0.307. The molecule has 0 aliphatic heterocycles. The standard InChI is InChI=1S/C13H17BrN2O/c1-10(16)9-11-5-4-6-12(14)13(11)17-8-3-2-7-15/h4-6,10H,2-3,8-9,16H2,1H3. The number of hydrogen-bond donors (Lipinski definition) is 1. The van der Waals surface area contributed by atoms with Crippen LogP contribution in [0, 0.1) is 11.3 Å². The summed E-state index contributed by atoms with van der Waals surface area (Å²) in [6.45, 7) is 2.53. The van der Waals surface area contributed by atoms with Crippen molar-refractivity contribution in [1.82, 2.24) is 0 Å². The Morgan fingerprint density at radius 1 is 1.53 bits per heavy atom. The smallest absolute Gasteiger partial charge is 0.136 e. The van der Waals surface area contributed by atoms with Gasteiger partial charge in [-0.2, -0.15) is 5.26 Å². The van der Waals surface area contributed by atoms with Gasteiger partial charge in [0.05, 0.1) is 17.1 Å². The number of nitrogens with zero attached hydrogens (tertiary/aromatic N) is 1. The highest BCUT2D eigenvalue weighted by atomic mass is 79.9. The highest BCUT2D eigenvalue weighted by molar-refractivity contribution is 9.10. The van der Waals surface area contributed by atoms with E-state index in [4.69, 9.17) is 15.7 Å². The monoisotopic (exact) mass is 296 g/mol. The van der Waals surface area contributed by atoms with E-state index in [1.807, 2.05) is 25.1 Å². The van der Waals surface area contributed by atoms with E-state index < -0.39 is 0 Å². The first-order chi connectivity index (χ1) is 8.15. The number of hydrogen-bond acceptors (Lipinski definition) is 3. The Hall–Kier alpha value is -1.05. The zero-order chi connectivity index (χ0) is 12.7. The molecule has 3 nitrogen and oxygen atoms in total. The summed E-state index contributed by atoms with van der Waals surface area (Å²) < 4.78 is 6.65. The molecule has 0 bridgehead atoms. The first-order valence-electron chi connectivity index (χ1n) is 5.68. The van der Waals surface area contributed by atoms with Gasteiger partial charge in [-0.3, -0.25) is 0 Å². The van der Waals surface area contributed by atoms with E-state index in [1.165, 1.54) is 0 Å². The summed E-state index contributed by atoms with van der Waals surface area (Å²) in [5.41, 5.74) is 6.91. The van der Waals surface area contributed by atoms with Crippen LogP contribution in [0.15, 0.2) is 22.7 Å². The lowest BCUT2D eigenvalue weighted by atomic mass is 10.1. The third-order valence-electron chi connectivity index (χ3n) is 2.27. The van der Waals surface area contributed by atoms with Crippen LogP contribution in [0.25, 0.3) is 0 Å². The predicted octanol–water partition coefficient (Wildman–Crippen LogP) is 3.02. The van der Waals surface area contributed by atoms with Crippen molar-refractivity contribution in [1.29, 1.82) is 5.26 Å². The molecule has 0 radical (unpaired) electrons. The fourth-order valence-electron chi connectivity index (χ4n) is 1.55. The molecule has 0 aliphatic rings. The number of benzene rings is 1. The lowest BCUT2D eigenvalue weighted by Gasteiger charge is -2.14. The van der Waals surface area contributed by atoms with Gasteiger partial charge in [0.25, 0.3) is 0 Å². The van der Waals surface area contributed by atoms with Gasteiger partial charge in [-0.05, 0) is 47.3 Å². The largest absolute Gasteiger partial charge is 0.492 e. The molecule has 0 aliphatic carbocycles. The second kappa shape index (κ2) is 7.31. The van der Waals surface area contributed by atoms with Crippen LogP contribution in [0.1, 0.15) is 25.3 Å². The van der Waals surface area contributed by atoms with Crippen LogP contribution in [0.4, 0.5) is 0 Å². The molecule has 0 aromatic heterocycles. The maximum atomic E-state index is 8.46. The van der Waals surface area contributed by atoms with E-state index in [-0.39, 0.29) is 6.04 Å². The van der Waals surface area contributed by atoms with E-state index >= 15 is 0 Å². The molecule has 2 N–H and O–H groups in total. The molecule has 1 rings (SSSR count). The fraction of sp³-hybridized carbons (Fsp3) is 0.462. The maximum Gasteiger partial charge on any atom is 0.136 e. The van der Waals surface area contributed by atoms with Crippen LogP contribution in [-0.4, -0.2) is 12.6 Å². The van der Waals surface area contributed by atoms with E-state index in [0.717, 1.165) is 28.6 Å². The molecule has 1 aromatic carbocycles. The highest BCUT2D eigenvalue weighted by Gasteiger charge is 2.09. The Kier molecular flexibility index (Phi) is 6.03. The quantitative estimate of drug-likeness (QED) is 0.821. The Labute approximate surface area is 111 Å². The van der Waals surface area contributed by atoms with Crippen molar-refractivity contribution < 1.29 is 4.74 Å². The molecule has 0 saturated carbocycles. The molecule has 1 atom stereocenters. The molecule has 1 aromatic rings. The summed E-state index contributed by atoms with van der Waals surface area (Å²) in [7, 11) is 0. The second-order valence-electron chi connectivity index (χ2n) is 4.02. The zero-order valence-electron chi connectivity index (χ0n) is 9.95. The minimum Gasteiger partial charge on any atom is -0.492 e. The van der Waals surface area contributed by atoms with E-state index in [1.54, 1.807) is 0 Å². The Balaban J connectivity index is 2.70. The zero-order valence-corrected chi connectivity index (χ0v) is 11.5. The molecule has 0 fully saturated rings. The van der Waals surface area contributed by atoms with Crippen LogP contribution in [0.5, 0.6) is 5.75 Å². The number of halogens is 1. The lowest BCUT2D eigenvalue weighted by Crippen LogP contribution is -2.18. The highest BCUT2D eigenvalue weighted by Crippen LogP contribution is 2.30. The first-order valence-corrected chi connectivity index (χ1v) is 6.47. The molecule has 0 heterocycles. The second-order valence-corrected chi connectivity index (χ2v) is 4.87. The van der Waals surface area contributed by atoms with Gasteiger partial charge in [-0.1, -0.05) is 12.1 Å². The summed E-state index contributed by atoms with van der Waals surface area (Å²) in [6.07, 6.45) is 2.05. The number of ether oxygens (including phenoxy) is 1. The van der Waals surface area contributed by atoms with Gasteiger partial charge in [0.2, 0.25) is 0 Å². The molecule has 0 amide bonds. The SMILES string of the molecule is CC(N)Cc1cccc(Br)c1OCCCC#N. The van der Waals surface area contributed by atoms with Crippen LogP contribution in [0.3, 0.4) is 0 Å². The Bertz CT molecular complexity index is 399. The van der Waals surface area contributed by atoms with Crippen molar-refractivity contribution in [2.24, 2.45) is 5.73 Å². The van der Waals surface area contributed by atoms with Crippen LogP contribution >= 0.6 is 15.9 Å². The van der Waals surface area contributed by atoms with Crippen LogP contribution < -0.4 is 10.5 Å². The number of nitrogens with two attached hydrogens (primary N) is 1. The topological polar surface area (TPSA) is 59.0 Å². The predicted molar refractivity (Wildman–Crippen MR) is 71.8 cm³/mol. The minimum absolute atomic E-state index is 0.103. The summed E-state index contributed by atoms with van der Waals surface area (Å²) in [6, 6.07) is 8.15. The van der Waals surface area contributed by atoms with Gasteiger partial charge in [0.1, 0.15) is 5.75 Å². The molecule has 17 heavy (non-hydrogen) atoms. The van der Waals surface area contributed by atoms with Crippen LogP contribution in [-0.2, 0) is 6.42 Å². The van der Waals surface area contributed by atoms with E-state index in [2.05, 4.69) is 22.0 Å². The average Bonchev–Trinajstić information content (AvgIpc) is 2.26. The van der Waals surface area contributed by atoms with Crippen molar-refractivity contribution in [3.05, 3.63) is 28.2 Å². The molecule has 4 heteroatoms. The number of rotatable bonds is 6. The summed E-state index contributed by atoms with van der Waals surface area (Å²) in [4.78, 5) is 0. The van der Waals surface area contributed by atoms with Crippen molar-refractivity contribution in [2.75, 3.05) is 6.61 Å². The first kappa shape index (κ1) is 14.0. The van der Waals surface area contributed by atoms with Crippen molar-refractivity contribution in [3.8, 4) is 11.8 Å². The van der Waals surface area contributed by atoms with Crippen molar-refractivity contribution in [2.45, 2.75) is 32.2 Å².